The Morgan fingerprint density at radius 2 is 2.32 bits per heavy atom. The number of anilines is 1. The minimum Gasteiger partial charge on any atom is -0.397 e. The zero-order valence-corrected chi connectivity index (χ0v) is 12.7. The third-order valence-corrected chi connectivity index (χ3v) is 4.39. The summed E-state index contributed by atoms with van der Waals surface area (Å²) in [6, 6.07) is 2.54. The van der Waals surface area contributed by atoms with Crippen molar-refractivity contribution in [2.75, 3.05) is 24.8 Å². The summed E-state index contributed by atoms with van der Waals surface area (Å²) < 4.78 is 2.05. The first-order chi connectivity index (χ1) is 9.04. The van der Waals surface area contributed by atoms with Crippen molar-refractivity contribution in [3.63, 3.8) is 0 Å². The normalized spacial score (nSPS) is 16.4. The monoisotopic (exact) mass is 281 g/mol. The molecule has 0 spiro atoms. The van der Waals surface area contributed by atoms with Crippen LogP contribution >= 0.6 is 11.8 Å². The van der Waals surface area contributed by atoms with Crippen LogP contribution in [0.15, 0.2) is 12.3 Å². The molecular formula is C14H23N3OS. The molecule has 2 N–H and O–H groups in total. The molecule has 5 heteroatoms. The van der Waals surface area contributed by atoms with E-state index in [1.54, 1.807) is 6.07 Å². The zero-order valence-electron chi connectivity index (χ0n) is 11.9. The van der Waals surface area contributed by atoms with Crippen molar-refractivity contribution in [1.29, 1.82) is 0 Å². The van der Waals surface area contributed by atoms with Gasteiger partial charge in [-0.3, -0.25) is 4.79 Å². The minimum atomic E-state index is 0.0807. The van der Waals surface area contributed by atoms with Crippen LogP contribution < -0.4 is 5.73 Å². The molecule has 1 unspecified atom stereocenters. The van der Waals surface area contributed by atoms with E-state index < -0.39 is 0 Å². The van der Waals surface area contributed by atoms with E-state index in [9.17, 15) is 4.79 Å². The van der Waals surface area contributed by atoms with Gasteiger partial charge in [-0.05, 0) is 44.3 Å². The van der Waals surface area contributed by atoms with Gasteiger partial charge in [0.05, 0.1) is 5.69 Å². The summed E-state index contributed by atoms with van der Waals surface area (Å²) >= 11 is 1.81. The predicted octanol–water partition coefficient (Wildman–Crippen LogP) is 2.62. The topological polar surface area (TPSA) is 51.3 Å². The number of rotatable bonds is 6. The summed E-state index contributed by atoms with van der Waals surface area (Å²) in [5.41, 5.74) is 7.26. The second-order valence-corrected chi connectivity index (χ2v) is 6.33. The average molecular weight is 281 g/mol. The summed E-state index contributed by atoms with van der Waals surface area (Å²) in [4.78, 5) is 14.4. The van der Waals surface area contributed by atoms with E-state index in [2.05, 4.69) is 17.7 Å². The lowest BCUT2D eigenvalue weighted by Crippen LogP contribution is -2.36. The molecule has 19 heavy (non-hydrogen) atoms. The molecule has 1 atom stereocenters. The smallest absolute Gasteiger partial charge is 0.270 e. The Bertz CT molecular complexity index is 454. The lowest BCUT2D eigenvalue weighted by atomic mass is 10.2. The summed E-state index contributed by atoms with van der Waals surface area (Å²) in [5, 5.41) is 0. The standard InChI is InChI=1S/C14H23N3OS/c1-10(6-7-19-3)16(2)14(18)13-8-11(15)9-17(13)12-4-5-12/h8-10,12H,4-7,15H2,1-3H3. The fourth-order valence-corrected chi connectivity index (χ4v) is 2.77. The Kier molecular flexibility index (Phi) is 4.45. The fraction of sp³-hybridized carbons (Fsp3) is 0.643. The summed E-state index contributed by atoms with van der Waals surface area (Å²) in [6.07, 6.45) is 7.31. The van der Waals surface area contributed by atoms with Crippen LogP contribution in [0.1, 0.15) is 42.7 Å². The van der Waals surface area contributed by atoms with Crippen LogP contribution in [0, 0.1) is 0 Å². The van der Waals surface area contributed by atoms with Crippen molar-refractivity contribution in [3.05, 3.63) is 18.0 Å². The minimum absolute atomic E-state index is 0.0807. The molecule has 0 radical (unpaired) electrons. The molecule has 1 amide bonds. The molecule has 0 bridgehead atoms. The fourth-order valence-electron chi connectivity index (χ4n) is 2.19. The molecule has 0 saturated heterocycles. The van der Waals surface area contributed by atoms with Gasteiger partial charge in [-0.25, -0.2) is 0 Å². The predicted molar refractivity (Wildman–Crippen MR) is 81.7 cm³/mol. The number of carbonyl (C=O) groups excluding carboxylic acids is 1. The zero-order chi connectivity index (χ0) is 14.0. The molecule has 4 nitrogen and oxygen atoms in total. The molecule has 1 heterocycles. The molecule has 2 rings (SSSR count). The highest BCUT2D eigenvalue weighted by Crippen LogP contribution is 2.37. The second kappa shape index (κ2) is 5.90. The van der Waals surface area contributed by atoms with Crippen molar-refractivity contribution in [2.24, 2.45) is 0 Å². The van der Waals surface area contributed by atoms with Crippen LogP contribution in [0.25, 0.3) is 0 Å². The van der Waals surface area contributed by atoms with Crippen molar-refractivity contribution in [1.82, 2.24) is 9.47 Å². The van der Waals surface area contributed by atoms with Crippen molar-refractivity contribution in [2.45, 2.75) is 38.3 Å². The Morgan fingerprint density at radius 3 is 2.89 bits per heavy atom. The molecule has 0 aliphatic heterocycles. The number of aromatic nitrogens is 1. The number of carbonyl (C=O) groups is 1. The van der Waals surface area contributed by atoms with E-state index in [0.717, 1.165) is 30.7 Å². The van der Waals surface area contributed by atoms with Crippen LogP contribution in [0.2, 0.25) is 0 Å². The maximum absolute atomic E-state index is 12.6. The number of thioether (sulfide) groups is 1. The Balaban J connectivity index is 2.10. The van der Waals surface area contributed by atoms with Gasteiger partial charge in [-0.1, -0.05) is 0 Å². The van der Waals surface area contributed by atoms with Gasteiger partial charge in [0.25, 0.3) is 5.91 Å². The first-order valence-electron chi connectivity index (χ1n) is 6.78. The highest BCUT2D eigenvalue weighted by Gasteiger charge is 2.29. The van der Waals surface area contributed by atoms with Gasteiger partial charge in [0.2, 0.25) is 0 Å². The molecule has 1 aromatic rings. The third-order valence-electron chi connectivity index (χ3n) is 3.75. The van der Waals surface area contributed by atoms with Crippen molar-refractivity contribution < 1.29 is 4.79 Å². The largest absolute Gasteiger partial charge is 0.397 e. The number of nitrogen functional groups attached to an aromatic ring is 1. The Morgan fingerprint density at radius 1 is 1.63 bits per heavy atom. The second-order valence-electron chi connectivity index (χ2n) is 5.34. The Hall–Kier alpha value is -1.10. The van der Waals surface area contributed by atoms with E-state index in [0.29, 0.717) is 11.7 Å². The van der Waals surface area contributed by atoms with Gasteiger partial charge in [0, 0.05) is 25.3 Å². The first-order valence-corrected chi connectivity index (χ1v) is 8.17. The van der Waals surface area contributed by atoms with Crippen molar-refractivity contribution >= 4 is 23.4 Å². The molecule has 1 saturated carbocycles. The van der Waals surface area contributed by atoms with E-state index in [1.807, 2.05) is 29.9 Å². The highest BCUT2D eigenvalue weighted by atomic mass is 32.2. The van der Waals surface area contributed by atoms with Gasteiger partial charge >= 0.3 is 0 Å². The number of amides is 1. The molecule has 106 valence electrons. The van der Waals surface area contributed by atoms with E-state index in [1.165, 1.54) is 0 Å². The maximum Gasteiger partial charge on any atom is 0.270 e. The summed E-state index contributed by atoms with van der Waals surface area (Å²) in [6.45, 7) is 2.10. The molecule has 1 fully saturated rings. The average Bonchev–Trinajstić information content (AvgIpc) is 3.17. The van der Waals surface area contributed by atoms with Gasteiger partial charge in [0.15, 0.2) is 0 Å². The van der Waals surface area contributed by atoms with Crippen molar-refractivity contribution in [3.8, 4) is 0 Å². The van der Waals surface area contributed by atoms with E-state index in [4.69, 9.17) is 5.73 Å². The number of nitrogens with zero attached hydrogens (tertiary/aromatic N) is 2. The van der Waals surface area contributed by atoms with Crippen LogP contribution in [0.3, 0.4) is 0 Å². The van der Waals surface area contributed by atoms with Gasteiger partial charge in [-0.2, -0.15) is 11.8 Å². The van der Waals surface area contributed by atoms with Crippen LogP contribution in [0.5, 0.6) is 0 Å². The highest BCUT2D eigenvalue weighted by molar-refractivity contribution is 7.98. The molecular weight excluding hydrogens is 258 g/mol. The SMILES string of the molecule is CSCCC(C)N(C)C(=O)c1cc(N)cn1C1CC1. The molecule has 0 aromatic carbocycles. The summed E-state index contributed by atoms with van der Waals surface area (Å²) in [7, 11) is 1.88. The van der Waals surface area contributed by atoms with Gasteiger partial charge < -0.3 is 15.2 Å². The molecule has 1 aromatic heterocycles. The van der Waals surface area contributed by atoms with Crippen LogP contribution in [-0.2, 0) is 0 Å². The van der Waals surface area contributed by atoms with Crippen LogP contribution in [-0.4, -0.2) is 40.5 Å². The maximum atomic E-state index is 12.6. The lowest BCUT2D eigenvalue weighted by Gasteiger charge is -2.25. The molecule has 1 aliphatic carbocycles. The number of hydrogen-bond donors (Lipinski definition) is 1. The van der Waals surface area contributed by atoms with Gasteiger partial charge in [-0.15, -0.1) is 0 Å². The third kappa shape index (κ3) is 3.26. The molecule has 1 aliphatic rings. The Labute approximate surface area is 119 Å². The van der Waals surface area contributed by atoms with Crippen LogP contribution in [0.4, 0.5) is 5.69 Å². The first kappa shape index (κ1) is 14.3. The van der Waals surface area contributed by atoms with E-state index in [-0.39, 0.29) is 11.9 Å². The summed E-state index contributed by atoms with van der Waals surface area (Å²) in [5.74, 6) is 1.15. The van der Waals surface area contributed by atoms with Gasteiger partial charge in [0.1, 0.15) is 5.69 Å². The number of nitrogens with two attached hydrogens (primary N) is 1. The van der Waals surface area contributed by atoms with E-state index >= 15 is 0 Å². The lowest BCUT2D eigenvalue weighted by molar-refractivity contribution is 0.0730. The number of hydrogen-bond acceptors (Lipinski definition) is 3. The quantitative estimate of drug-likeness (QED) is 0.872.